The SMILES string of the molecule is C[C@H](NCc1cc(-c2ccccc2)on1)C(=O)O. The number of hydrogen-bond donors (Lipinski definition) is 2. The normalized spacial score (nSPS) is 12.3. The standard InChI is InChI=1S/C13H14N2O3/c1-9(13(16)17)14-8-11-7-12(18-15-11)10-5-3-2-4-6-10/h2-7,9,14H,8H2,1H3,(H,16,17)/t9-/m0/s1. The van der Waals surface area contributed by atoms with Gasteiger partial charge in [0, 0.05) is 18.2 Å². The van der Waals surface area contributed by atoms with Gasteiger partial charge in [0.15, 0.2) is 5.76 Å². The molecule has 18 heavy (non-hydrogen) atoms. The average Bonchev–Trinajstić information content (AvgIpc) is 2.85. The molecule has 0 saturated heterocycles. The molecule has 0 saturated carbocycles. The van der Waals surface area contributed by atoms with Gasteiger partial charge in [0.1, 0.15) is 6.04 Å². The summed E-state index contributed by atoms with van der Waals surface area (Å²) < 4.78 is 5.21. The molecule has 94 valence electrons. The molecular formula is C13H14N2O3. The summed E-state index contributed by atoms with van der Waals surface area (Å²) in [6.45, 7) is 1.95. The van der Waals surface area contributed by atoms with Crippen LogP contribution in [-0.2, 0) is 11.3 Å². The van der Waals surface area contributed by atoms with Crippen LogP contribution >= 0.6 is 0 Å². The number of nitrogens with one attached hydrogen (secondary N) is 1. The molecule has 1 atom stereocenters. The number of rotatable bonds is 5. The van der Waals surface area contributed by atoms with Gasteiger partial charge in [-0.25, -0.2) is 0 Å². The van der Waals surface area contributed by atoms with Crippen LogP contribution in [-0.4, -0.2) is 22.3 Å². The summed E-state index contributed by atoms with van der Waals surface area (Å²) in [4.78, 5) is 10.6. The first-order valence-electron chi connectivity index (χ1n) is 5.64. The van der Waals surface area contributed by atoms with Gasteiger partial charge in [0.25, 0.3) is 0 Å². The Bertz CT molecular complexity index is 522. The van der Waals surface area contributed by atoms with Gasteiger partial charge < -0.3 is 9.63 Å². The largest absolute Gasteiger partial charge is 0.480 e. The molecule has 0 fully saturated rings. The van der Waals surface area contributed by atoms with E-state index < -0.39 is 12.0 Å². The van der Waals surface area contributed by atoms with E-state index in [2.05, 4.69) is 10.5 Å². The molecule has 1 aromatic carbocycles. The number of carboxylic acids is 1. The Morgan fingerprint density at radius 1 is 1.44 bits per heavy atom. The summed E-state index contributed by atoms with van der Waals surface area (Å²) in [5.41, 5.74) is 1.63. The Morgan fingerprint density at radius 3 is 2.83 bits per heavy atom. The first-order valence-corrected chi connectivity index (χ1v) is 5.64. The van der Waals surface area contributed by atoms with E-state index in [9.17, 15) is 4.79 Å². The summed E-state index contributed by atoms with van der Waals surface area (Å²) in [5, 5.41) is 15.5. The predicted molar refractivity (Wildman–Crippen MR) is 65.9 cm³/mol. The van der Waals surface area contributed by atoms with Crippen LogP contribution in [0.4, 0.5) is 0 Å². The molecule has 2 aromatic rings. The zero-order chi connectivity index (χ0) is 13.0. The van der Waals surface area contributed by atoms with Crippen LogP contribution < -0.4 is 5.32 Å². The molecular weight excluding hydrogens is 232 g/mol. The Morgan fingerprint density at radius 2 is 2.17 bits per heavy atom. The maximum absolute atomic E-state index is 10.6. The lowest BCUT2D eigenvalue weighted by Crippen LogP contribution is -2.33. The fourth-order valence-corrected chi connectivity index (χ4v) is 1.48. The number of nitrogens with zero attached hydrogens (tertiary/aromatic N) is 1. The number of carbonyl (C=O) groups is 1. The van der Waals surface area contributed by atoms with Gasteiger partial charge in [-0.1, -0.05) is 35.5 Å². The molecule has 5 heteroatoms. The molecule has 0 spiro atoms. The minimum absolute atomic E-state index is 0.365. The van der Waals surface area contributed by atoms with Crippen molar-refractivity contribution in [1.29, 1.82) is 0 Å². The average molecular weight is 246 g/mol. The molecule has 1 heterocycles. The van der Waals surface area contributed by atoms with Crippen LogP contribution in [0.5, 0.6) is 0 Å². The van der Waals surface area contributed by atoms with Crippen molar-refractivity contribution in [2.75, 3.05) is 0 Å². The van der Waals surface area contributed by atoms with Crippen molar-refractivity contribution in [3.8, 4) is 11.3 Å². The molecule has 0 amide bonds. The number of hydrogen-bond acceptors (Lipinski definition) is 4. The summed E-state index contributed by atoms with van der Waals surface area (Å²) >= 11 is 0. The predicted octanol–water partition coefficient (Wildman–Crippen LogP) is 1.90. The Balaban J connectivity index is 2.01. The Labute approximate surface area is 104 Å². The third-order valence-corrected chi connectivity index (χ3v) is 2.58. The van der Waals surface area contributed by atoms with Gasteiger partial charge in [0.05, 0.1) is 5.69 Å². The smallest absolute Gasteiger partial charge is 0.320 e. The minimum atomic E-state index is -0.887. The van der Waals surface area contributed by atoms with Gasteiger partial charge in [-0.15, -0.1) is 0 Å². The molecule has 2 rings (SSSR count). The highest BCUT2D eigenvalue weighted by Gasteiger charge is 2.11. The second kappa shape index (κ2) is 5.46. The highest BCUT2D eigenvalue weighted by Crippen LogP contribution is 2.19. The Hall–Kier alpha value is -2.14. The van der Waals surface area contributed by atoms with Crippen LogP contribution in [0.15, 0.2) is 40.9 Å². The molecule has 0 aliphatic heterocycles. The van der Waals surface area contributed by atoms with Gasteiger partial charge in [-0.3, -0.25) is 10.1 Å². The molecule has 0 aliphatic rings. The zero-order valence-electron chi connectivity index (χ0n) is 9.96. The van der Waals surface area contributed by atoms with Crippen molar-refractivity contribution < 1.29 is 14.4 Å². The van der Waals surface area contributed by atoms with Crippen LogP contribution in [0.1, 0.15) is 12.6 Å². The van der Waals surface area contributed by atoms with Crippen molar-refractivity contribution in [2.45, 2.75) is 19.5 Å². The number of benzene rings is 1. The van der Waals surface area contributed by atoms with Crippen molar-refractivity contribution in [1.82, 2.24) is 10.5 Å². The topological polar surface area (TPSA) is 75.4 Å². The lowest BCUT2D eigenvalue weighted by atomic mass is 10.1. The second-order valence-electron chi connectivity index (χ2n) is 3.99. The highest BCUT2D eigenvalue weighted by atomic mass is 16.5. The maximum Gasteiger partial charge on any atom is 0.320 e. The van der Waals surface area contributed by atoms with Crippen molar-refractivity contribution in [2.24, 2.45) is 0 Å². The van der Waals surface area contributed by atoms with Crippen LogP contribution in [0.25, 0.3) is 11.3 Å². The van der Waals surface area contributed by atoms with Gasteiger partial charge >= 0.3 is 5.97 Å². The third kappa shape index (κ3) is 2.95. The van der Waals surface area contributed by atoms with Gasteiger partial charge in [-0.05, 0) is 6.92 Å². The minimum Gasteiger partial charge on any atom is -0.480 e. The van der Waals surface area contributed by atoms with Crippen LogP contribution in [0, 0.1) is 0 Å². The maximum atomic E-state index is 10.6. The van der Waals surface area contributed by atoms with E-state index in [1.54, 1.807) is 13.0 Å². The van der Waals surface area contributed by atoms with Crippen LogP contribution in [0.3, 0.4) is 0 Å². The van der Waals surface area contributed by atoms with E-state index in [1.807, 2.05) is 30.3 Å². The third-order valence-electron chi connectivity index (χ3n) is 2.58. The summed E-state index contributed by atoms with van der Waals surface area (Å²) in [6, 6.07) is 10.8. The highest BCUT2D eigenvalue weighted by molar-refractivity contribution is 5.72. The first kappa shape index (κ1) is 12.3. The lowest BCUT2D eigenvalue weighted by Gasteiger charge is -2.05. The van der Waals surface area contributed by atoms with Crippen molar-refractivity contribution in [3.05, 3.63) is 42.1 Å². The number of aliphatic carboxylic acids is 1. The fourth-order valence-electron chi connectivity index (χ4n) is 1.48. The molecule has 1 aromatic heterocycles. The zero-order valence-corrected chi connectivity index (χ0v) is 9.96. The molecule has 0 bridgehead atoms. The summed E-state index contributed by atoms with van der Waals surface area (Å²) in [6.07, 6.45) is 0. The van der Waals surface area contributed by atoms with E-state index in [0.29, 0.717) is 18.0 Å². The monoisotopic (exact) mass is 246 g/mol. The van der Waals surface area contributed by atoms with E-state index in [0.717, 1.165) is 5.56 Å². The molecule has 0 radical (unpaired) electrons. The first-order chi connectivity index (χ1) is 8.66. The van der Waals surface area contributed by atoms with Gasteiger partial charge in [0.2, 0.25) is 0 Å². The van der Waals surface area contributed by atoms with E-state index in [4.69, 9.17) is 9.63 Å². The number of aromatic nitrogens is 1. The Kier molecular flexibility index (Phi) is 3.74. The summed E-state index contributed by atoms with van der Waals surface area (Å²) in [5.74, 6) is -0.211. The van der Waals surface area contributed by atoms with Crippen molar-refractivity contribution >= 4 is 5.97 Å². The molecule has 5 nitrogen and oxygen atoms in total. The lowest BCUT2D eigenvalue weighted by molar-refractivity contribution is -0.139. The van der Waals surface area contributed by atoms with Crippen molar-refractivity contribution in [3.63, 3.8) is 0 Å². The van der Waals surface area contributed by atoms with E-state index >= 15 is 0 Å². The van der Waals surface area contributed by atoms with E-state index in [-0.39, 0.29) is 0 Å². The van der Waals surface area contributed by atoms with Gasteiger partial charge in [-0.2, -0.15) is 0 Å². The second-order valence-corrected chi connectivity index (χ2v) is 3.99. The van der Waals surface area contributed by atoms with Crippen LogP contribution in [0.2, 0.25) is 0 Å². The molecule has 0 unspecified atom stereocenters. The van der Waals surface area contributed by atoms with E-state index in [1.165, 1.54) is 0 Å². The fraction of sp³-hybridized carbons (Fsp3) is 0.231. The summed E-state index contributed by atoms with van der Waals surface area (Å²) in [7, 11) is 0. The molecule has 0 aliphatic carbocycles. The number of carboxylic acid groups (broad SMARTS) is 1. The molecule has 2 N–H and O–H groups in total. The quantitative estimate of drug-likeness (QED) is 0.842.